The van der Waals surface area contributed by atoms with Crippen LogP contribution >= 0.6 is 24.0 Å². The third-order valence-corrected chi connectivity index (χ3v) is 4.57. The third-order valence-electron chi connectivity index (χ3n) is 4.57. The van der Waals surface area contributed by atoms with Gasteiger partial charge in [-0.15, -0.1) is 24.0 Å². The van der Waals surface area contributed by atoms with Crippen molar-refractivity contribution in [1.29, 1.82) is 0 Å². The predicted molar refractivity (Wildman–Crippen MR) is 125 cm³/mol. The van der Waals surface area contributed by atoms with Gasteiger partial charge in [0.25, 0.3) is 0 Å². The molecule has 2 rings (SSSR count). The van der Waals surface area contributed by atoms with Crippen molar-refractivity contribution in [2.45, 2.75) is 45.3 Å². The molecule has 0 aliphatic carbocycles. The highest BCUT2D eigenvalue weighted by atomic mass is 127. The van der Waals surface area contributed by atoms with E-state index in [1.165, 1.54) is 12.1 Å². The number of ether oxygens (including phenoxy) is 3. The van der Waals surface area contributed by atoms with Crippen LogP contribution in [0.15, 0.2) is 29.3 Å². The number of benzene rings is 1. The summed E-state index contributed by atoms with van der Waals surface area (Å²) in [6.07, 6.45) is 3.16. The molecule has 0 amide bonds. The second kappa shape index (κ2) is 14.8. The average molecular weight is 523 g/mol. The molecule has 29 heavy (non-hydrogen) atoms. The van der Waals surface area contributed by atoms with Crippen molar-refractivity contribution >= 4 is 29.9 Å². The Balaban J connectivity index is 0.00000420. The zero-order valence-electron chi connectivity index (χ0n) is 17.7. The first-order chi connectivity index (χ1) is 13.6. The van der Waals surface area contributed by atoms with Crippen LogP contribution in [0.4, 0.5) is 4.39 Å². The summed E-state index contributed by atoms with van der Waals surface area (Å²) in [5.74, 6) is 1.30. The zero-order valence-corrected chi connectivity index (χ0v) is 20.1. The van der Waals surface area contributed by atoms with Gasteiger partial charge in [-0.25, -0.2) is 9.38 Å². The lowest BCUT2D eigenvalue weighted by atomic mass is 10.1. The minimum atomic E-state index is -0.265. The summed E-state index contributed by atoms with van der Waals surface area (Å²) in [5, 5.41) is 3.37. The number of nitrogens with one attached hydrogen (secondary N) is 1. The number of rotatable bonds is 10. The van der Waals surface area contributed by atoms with Crippen molar-refractivity contribution in [3.8, 4) is 5.75 Å². The molecule has 1 aliphatic rings. The lowest BCUT2D eigenvalue weighted by molar-refractivity contribution is 0.00988. The average Bonchev–Trinajstić information content (AvgIpc) is 2.71. The molecule has 1 N–H and O–H groups in total. The minimum absolute atomic E-state index is 0. The van der Waals surface area contributed by atoms with Gasteiger partial charge in [-0.1, -0.05) is 0 Å². The molecule has 1 fully saturated rings. The number of halogens is 2. The van der Waals surface area contributed by atoms with Gasteiger partial charge in [-0.2, -0.15) is 0 Å². The summed E-state index contributed by atoms with van der Waals surface area (Å²) in [6, 6.07) is 6.07. The van der Waals surface area contributed by atoms with Gasteiger partial charge in [0.1, 0.15) is 17.7 Å². The van der Waals surface area contributed by atoms with E-state index in [1.54, 1.807) is 19.2 Å². The highest BCUT2D eigenvalue weighted by molar-refractivity contribution is 14.0. The van der Waals surface area contributed by atoms with Crippen LogP contribution in [-0.4, -0.2) is 69.6 Å². The number of nitrogens with zero attached hydrogens (tertiary/aromatic N) is 2. The maximum Gasteiger partial charge on any atom is 0.194 e. The van der Waals surface area contributed by atoms with Gasteiger partial charge in [0.15, 0.2) is 5.96 Å². The Morgan fingerprint density at radius 1 is 1.24 bits per heavy atom. The monoisotopic (exact) mass is 523 g/mol. The maximum absolute atomic E-state index is 13.0. The van der Waals surface area contributed by atoms with E-state index in [4.69, 9.17) is 19.2 Å². The first-order valence-electron chi connectivity index (χ1n) is 10.2. The highest BCUT2D eigenvalue weighted by Gasteiger charge is 2.22. The van der Waals surface area contributed by atoms with E-state index in [0.717, 1.165) is 58.1 Å². The summed E-state index contributed by atoms with van der Waals surface area (Å²) >= 11 is 0. The number of piperidine rings is 1. The molecular weight excluding hydrogens is 488 g/mol. The summed E-state index contributed by atoms with van der Waals surface area (Å²) in [6.45, 7) is 8.74. The van der Waals surface area contributed by atoms with Gasteiger partial charge in [0.05, 0.1) is 12.6 Å². The Bertz CT molecular complexity index is 581. The van der Waals surface area contributed by atoms with E-state index in [-0.39, 0.29) is 35.9 Å². The van der Waals surface area contributed by atoms with Crippen LogP contribution in [0, 0.1) is 5.82 Å². The maximum atomic E-state index is 13.0. The Kier molecular flexibility index (Phi) is 13.2. The van der Waals surface area contributed by atoms with Crippen LogP contribution in [-0.2, 0) is 9.47 Å². The molecule has 1 heterocycles. The van der Waals surface area contributed by atoms with Gasteiger partial charge in [-0.3, -0.25) is 0 Å². The summed E-state index contributed by atoms with van der Waals surface area (Å²) in [7, 11) is 1.71. The SMILES string of the molecule is CCNC(=NCC(C)Oc1ccc(F)cc1)N1CCC(OCCCOC)CC1.I. The van der Waals surface area contributed by atoms with Gasteiger partial charge in [0.2, 0.25) is 0 Å². The van der Waals surface area contributed by atoms with Gasteiger partial charge in [0, 0.05) is 40.0 Å². The minimum Gasteiger partial charge on any atom is -0.489 e. The van der Waals surface area contributed by atoms with Gasteiger partial charge >= 0.3 is 0 Å². The van der Waals surface area contributed by atoms with E-state index in [9.17, 15) is 4.39 Å². The van der Waals surface area contributed by atoms with Crippen LogP contribution in [0.1, 0.15) is 33.1 Å². The number of guanidine groups is 1. The van der Waals surface area contributed by atoms with E-state index in [1.807, 2.05) is 6.92 Å². The lowest BCUT2D eigenvalue weighted by Crippen LogP contribution is -2.47. The van der Waals surface area contributed by atoms with Crippen LogP contribution < -0.4 is 10.1 Å². The van der Waals surface area contributed by atoms with Crippen molar-refractivity contribution in [3.05, 3.63) is 30.1 Å². The van der Waals surface area contributed by atoms with E-state index >= 15 is 0 Å². The molecular formula is C21H35FIN3O3. The molecule has 1 aromatic carbocycles. The molecule has 0 aromatic heterocycles. The normalized spacial score (nSPS) is 16.3. The van der Waals surface area contributed by atoms with E-state index in [0.29, 0.717) is 18.4 Å². The van der Waals surface area contributed by atoms with Crippen LogP contribution in [0.3, 0.4) is 0 Å². The first kappa shape index (κ1) is 25.9. The number of methoxy groups -OCH3 is 1. The molecule has 166 valence electrons. The topological polar surface area (TPSA) is 55.3 Å². The van der Waals surface area contributed by atoms with Crippen LogP contribution in [0.25, 0.3) is 0 Å². The molecule has 1 atom stereocenters. The second-order valence-corrected chi connectivity index (χ2v) is 6.98. The number of hydrogen-bond donors (Lipinski definition) is 1. The first-order valence-corrected chi connectivity index (χ1v) is 10.2. The molecule has 1 saturated heterocycles. The van der Waals surface area contributed by atoms with E-state index in [2.05, 4.69) is 17.1 Å². The van der Waals surface area contributed by atoms with Gasteiger partial charge < -0.3 is 24.4 Å². The van der Waals surface area contributed by atoms with Crippen LogP contribution in [0.2, 0.25) is 0 Å². The number of hydrogen-bond acceptors (Lipinski definition) is 4. The molecule has 1 aromatic rings. The fraction of sp³-hybridized carbons (Fsp3) is 0.667. The number of likely N-dealkylation sites (tertiary alicyclic amines) is 1. The van der Waals surface area contributed by atoms with Crippen LogP contribution in [0.5, 0.6) is 5.75 Å². The highest BCUT2D eigenvalue weighted by Crippen LogP contribution is 2.15. The standard InChI is InChI=1S/C21H34FN3O3.HI/c1-4-23-21(24-16-17(2)28-20-8-6-18(22)7-9-20)25-12-10-19(11-13-25)27-15-5-14-26-3;/h6-9,17,19H,4-5,10-16H2,1-3H3,(H,23,24);1H. The molecule has 1 aliphatic heterocycles. The molecule has 0 spiro atoms. The second-order valence-electron chi connectivity index (χ2n) is 6.98. The Morgan fingerprint density at radius 2 is 1.93 bits per heavy atom. The van der Waals surface area contributed by atoms with Crippen molar-refractivity contribution in [2.24, 2.45) is 4.99 Å². The fourth-order valence-electron chi connectivity index (χ4n) is 3.11. The van der Waals surface area contributed by atoms with Gasteiger partial charge in [-0.05, 0) is 57.4 Å². The Hall–Kier alpha value is -1.13. The quantitative estimate of drug-likeness (QED) is 0.220. The molecule has 1 unspecified atom stereocenters. The van der Waals surface area contributed by atoms with Crippen molar-refractivity contribution in [1.82, 2.24) is 10.2 Å². The molecule has 8 heteroatoms. The molecule has 0 radical (unpaired) electrons. The summed E-state index contributed by atoms with van der Waals surface area (Å²) in [5.41, 5.74) is 0. The fourth-order valence-corrected chi connectivity index (χ4v) is 3.11. The molecule has 6 nitrogen and oxygen atoms in total. The van der Waals surface area contributed by atoms with Crippen molar-refractivity contribution in [3.63, 3.8) is 0 Å². The predicted octanol–water partition coefficient (Wildman–Crippen LogP) is 3.69. The third kappa shape index (κ3) is 9.95. The van der Waals surface area contributed by atoms with E-state index < -0.39 is 0 Å². The lowest BCUT2D eigenvalue weighted by Gasteiger charge is -2.34. The molecule has 0 saturated carbocycles. The Morgan fingerprint density at radius 3 is 2.55 bits per heavy atom. The summed E-state index contributed by atoms with van der Waals surface area (Å²) < 4.78 is 29.8. The zero-order chi connectivity index (χ0) is 20.2. The molecule has 0 bridgehead atoms. The smallest absolute Gasteiger partial charge is 0.194 e. The summed E-state index contributed by atoms with van der Waals surface area (Å²) in [4.78, 5) is 7.02. The van der Waals surface area contributed by atoms with Crippen molar-refractivity contribution < 1.29 is 18.6 Å². The Labute approximate surface area is 191 Å². The largest absolute Gasteiger partial charge is 0.489 e. The number of aliphatic imine (C=N–C) groups is 1. The van der Waals surface area contributed by atoms with Crippen molar-refractivity contribution in [2.75, 3.05) is 46.5 Å².